The van der Waals surface area contributed by atoms with Crippen molar-refractivity contribution < 1.29 is 0 Å². The van der Waals surface area contributed by atoms with E-state index in [9.17, 15) is 0 Å². The van der Waals surface area contributed by atoms with Gasteiger partial charge in [-0.25, -0.2) is 0 Å². The minimum absolute atomic E-state index is 0.833. The monoisotopic (exact) mass is 145 g/mol. The van der Waals surface area contributed by atoms with Crippen LogP contribution >= 0.6 is 0 Å². The van der Waals surface area contributed by atoms with E-state index < -0.39 is 0 Å². The first kappa shape index (κ1) is 11.0. The molecule has 3 heteroatoms. The molecule has 0 amide bonds. The molecule has 0 aliphatic rings. The van der Waals surface area contributed by atoms with Crippen molar-refractivity contribution in [1.82, 2.24) is 5.32 Å². The summed E-state index contributed by atoms with van der Waals surface area (Å²) in [5.74, 6) is 0. The third-order valence-electron chi connectivity index (χ3n) is 1.68. The van der Waals surface area contributed by atoms with Crippen LogP contribution < -0.4 is 5.32 Å². The molecular weight excluding hydrogens is 132 g/mol. The summed E-state index contributed by atoms with van der Waals surface area (Å²) < 4.78 is 2.90. The first-order valence-electron chi connectivity index (χ1n) is 4.02. The second-order valence-electron chi connectivity index (χ2n) is 2.56. The standard InChI is InChI=1S/C6H13N.2Na/c1-4-6(5-2)7-3;;/h6-7H,1-2,4-5H2,3H3;;. The van der Waals surface area contributed by atoms with E-state index in [-0.39, 0.29) is 0 Å². The molecule has 0 aromatic rings. The summed E-state index contributed by atoms with van der Waals surface area (Å²) in [4.78, 5) is 0. The summed E-state index contributed by atoms with van der Waals surface area (Å²) in [7, 11) is 2.08. The average molecular weight is 145 g/mol. The SMILES string of the molecule is CNC(C[CH2][Na])C[CH2][Na]. The number of hydrogen-bond donors (Lipinski definition) is 1. The molecule has 0 rings (SSSR count). The predicted octanol–water partition coefficient (Wildman–Crippen LogP) is 0.528. The minimum atomic E-state index is 0.833. The Morgan fingerprint density at radius 1 is 1.22 bits per heavy atom. The molecule has 0 aliphatic carbocycles. The third kappa shape index (κ3) is 6.36. The number of rotatable bonds is 5. The summed E-state index contributed by atoms with van der Waals surface area (Å²) in [5.41, 5.74) is 0. The third-order valence-corrected chi connectivity index (χ3v) is 2.84. The van der Waals surface area contributed by atoms with Crippen LogP contribution in [0.2, 0.25) is 7.34 Å². The molecule has 0 heterocycles. The van der Waals surface area contributed by atoms with E-state index in [2.05, 4.69) is 12.4 Å². The predicted molar refractivity (Wildman–Crippen MR) is 43.2 cm³/mol. The summed E-state index contributed by atoms with van der Waals surface area (Å²) in [6.07, 6.45) is 2.82. The Morgan fingerprint density at radius 3 is 1.89 bits per heavy atom. The van der Waals surface area contributed by atoms with Gasteiger partial charge in [-0.3, -0.25) is 0 Å². The molecule has 0 aromatic carbocycles. The Hall–Kier alpha value is 1.96. The van der Waals surface area contributed by atoms with E-state index in [1.54, 1.807) is 0 Å². The van der Waals surface area contributed by atoms with Crippen LogP contribution in [0.4, 0.5) is 0 Å². The molecule has 0 aliphatic heterocycles. The fourth-order valence-electron chi connectivity index (χ4n) is 1.13. The maximum absolute atomic E-state index is 3.35. The van der Waals surface area contributed by atoms with Crippen LogP contribution in [0.3, 0.4) is 0 Å². The van der Waals surface area contributed by atoms with E-state index >= 15 is 0 Å². The molecule has 0 spiro atoms. The Balaban J connectivity index is 3.18. The van der Waals surface area contributed by atoms with Crippen LogP contribution in [0.1, 0.15) is 12.8 Å². The summed E-state index contributed by atoms with van der Waals surface area (Å²) in [6.45, 7) is 0. The Labute approximate surface area is 93.2 Å². The fraction of sp³-hybridized carbons (Fsp3) is 1.00. The van der Waals surface area contributed by atoms with Gasteiger partial charge in [0.15, 0.2) is 0 Å². The van der Waals surface area contributed by atoms with Gasteiger partial charge in [0.05, 0.1) is 0 Å². The molecule has 0 radical (unpaired) electrons. The molecular formula is C6H13NNa2. The van der Waals surface area contributed by atoms with Crippen molar-refractivity contribution in [2.75, 3.05) is 7.05 Å². The van der Waals surface area contributed by atoms with Crippen LogP contribution in [0.25, 0.3) is 0 Å². The van der Waals surface area contributed by atoms with E-state index in [1.807, 2.05) is 0 Å². The summed E-state index contributed by atoms with van der Waals surface area (Å²) in [6, 6.07) is 0.833. The summed E-state index contributed by atoms with van der Waals surface area (Å²) in [5, 5.41) is 3.35. The Kier molecular flexibility index (Phi) is 9.82. The van der Waals surface area contributed by atoms with Crippen LogP contribution in [-0.4, -0.2) is 69.0 Å². The normalized spacial score (nSPS) is 10.9. The van der Waals surface area contributed by atoms with Gasteiger partial charge in [-0.05, 0) is 0 Å². The van der Waals surface area contributed by atoms with Crippen molar-refractivity contribution >= 4 is 55.9 Å². The molecule has 1 nitrogen and oxygen atoms in total. The van der Waals surface area contributed by atoms with Gasteiger partial charge in [-0.2, -0.15) is 0 Å². The second kappa shape index (κ2) is 8.06. The van der Waals surface area contributed by atoms with E-state index in [1.165, 1.54) is 76.0 Å². The van der Waals surface area contributed by atoms with Crippen LogP contribution in [0.15, 0.2) is 0 Å². The zero-order valence-electron chi connectivity index (χ0n) is 6.91. The average Bonchev–Trinajstić information content (AvgIpc) is 1.88. The van der Waals surface area contributed by atoms with E-state index in [0.29, 0.717) is 0 Å². The van der Waals surface area contributed by atoms with Gasteiger partial charge in [0.1, 0.15) is 0 Å². The van der Waals surface area contributed by atoms with Crippen molar-refractivity contribution in [3.05, 3.63) is 0 Å². The van der Waals surface area contributed by atoms with E-state index in [4.69, 9.17) is 0 Å². The van der Waals surface area contributed by atoms with Crippen molar-refractivity contribution in [2.24, 2.45) is 0 Å². The van der Waals surface area contributed by atoms with Gasteiger partial charge in [-0.1, -0.05) is 0 Å². The van der Waals surface area contributed by atoms with Gasteiger partial charge in [0.25, 0.3) is 0 Å². The molecule has 0 aromatic heterocycles. The molecule has 0 saturated heterocycles. The van der Waals surface area contributed by atoms with Gasteiger partial charge < -0.3 is 0 Å². The fourth-order valence-corrected chi connectivity index (χ4v) is 2.52. The van der Waals surface area contributed by atoms with Gasteiger partial charge in [0, 0.05) is 0 Å². The zero-order valence-corrected chi connectivity index (χ0v) is 10.9. The van der Waals surface area contributed by atoms with Crippen LogP contribution in [0.5, 0.6) is 0 Å². The Bertz CT molecular complexity index is 53.0. The molecule has 0 atom stereocenters. The maximum atomic E-state index is 3.35. The molecule has 0 fully saturated rings. The molecule has 9 heavy (non-hydrogen) atoms. The van der Waals surface area contributed by atoms with Gasteiger partial charge in [0.2, 0.25) is 0 Å². The van der Waals surface area contributed by atoms with Crippen LogP contribution in [-0.2, 0) is 0 Å². The summed E-state index contributed by atoms with van der Waals surface area (Å²) >= 11 is 2.74. The Morgan fingerprint density at radius 2 is 1.67 bits per heavy atom. The van der Waals surface area contributed by atoms with Gasteiger partial charge in [-0.15, -0.1) is 0 Å². The van der Waals surface area contributed by atoms with Crippen LogP contribution in [0, 0.1) is 0 Å². The van der Waals surface area contributed by atoms with Crippen molar-refractivity contribution in [1.29, 1.82) is 0 Å². The molecule has 44 valence electrons. The topological polar surface area (TPSA) is 12.0 Å². The number of hydrogen-bond acceptors (Lipinski definition) is 1. The van der Waals surface area contributed by atoms with Gasteiger partial charge >= 0.3 is 94.4 Å². The molecule has 0 saturated carbocycles. The van der Waals surface area contributed by atoms with Crippen molar-refractivity contribution in [3.8, 4) is 0 Å². The molecule has 1 N–H and O–H groups in total. The quantitative estimate of drug-likeness (QED) is 0.556. The van der Waals surface area contributed by atoms with E-state index in [0.717, 1.165) is 6.04 Å². The zero-order chi connectivity index (χ0) is 7.11. The van der Waals surface area contributed by atoms with Crippen molar-refractivity contribution in [2.45, 2.75) is 26.2 Å². The van der Waals surface area contributed by atoms with Crippen molar-refractivity contribution in [3.63, 3.8) is 0 Å². The second-order valence-corrected chi connectivity index (χ2v) is 4.56. The number of nitrogens with one attached hydrogen (secondary N) is 1. The molecule has 0 bridgehead atoms. The first-order valence-corrected chi connectivity index (χ1v) is 6.85. The molecule has 0 unspecified atom stereocenters. The first-order chi connectivity index (χ1) is 4.35.